The standard InChI is InChI=1S/C22H30N4O2/c1-4-26-13-20(11-23-26)12-25-15-21(16-25,24-18(3)27)22(8-9-22)28-14-19-7-5-6-17(2)10-19/h5-7,10-11,13H,4,8-9,12,14-16H2,1-3H3,(H,24,27). The van der Waals surface area contributed by atoms with E-state index in [0.29, 0.717) is 6.61 Å². The minimum absolute atomic E-state index is 0.0175. The number of benzene rings is 1. The van der Waals surface area contributed by atoms with Gasteiger partial charge in [0.05, 0.1) is 23.9 Å². The molecule has 0 radical (unpaired) electrons. The molecule has 0 unspecified atom stereocenters. The fraction of sp³-hybridized carbons (Fsp3) is 0.545. The van der Waals surface area contributed by atoms with E-state index in [0.717, 1.165) is 39.0 Å². The summed E-state index contributed by atoms with van der Waals surface area (Å²) in [6, 6.07) is 8.44. The predicted molar refractivity (Wildman–Crippen MR) is 108 cm³/mol. The Balaban J connectivity index is 1.42. The molecule has 1 saturated carbocycles. The lowest BCUT2D eigenvalue weighted by Crippen LogP contribution is -2.76. The molecule has 1 saturated heterocycles. The van der Waals surface area contributed by atoms with Crippen LogP contribution in [0.5, 0.6) is 0 Å². The molecule has 1 amide bonds. The molecule has 1 aliphatic carbocycles. The fourth-order valence-corrected chi connectivity index (χ4v) is 4.46. The van der Waals surface area contributed by atoms with Crippen LogP contribution in [-0.4, -0.2) is 44.8 Å². The number of nitrogens with one attached hydrogen (secondary N) is 1. The quantitative estimate of drug-likeness (QED) is 0.763. The predicted octanol–water partition coefficient (Wildman–Crippen LogP) is 2.65. The molecule has 150 valence electrons. The Morgan fingerprint density at radius 3 is 2.68 bits per heavy atom. The molecule has 2 aliphatic rings. The van der Waals surface area contributed by atoms with Crippen LogP contribution in [0, 0.1) is 6.92 Å². The highest BCUT2D eigenvalue weighted by Gasteiger charge is 2.66. The average molecular weight is 383 g/mol. The number of hydrogen-bond donors (Lipinski definition) is 1. The molecule has 1 aliphatic heterocycles. The summed E-state index contributed by atoms with van der Waals surface area (Å²) in [5, 5.41) is 7.61. The topological polar surface area (TPSA) is 59.4 Å². The third-order valence-corrected chi connectivity index (χ3v) is 5.99. The van der Waals surface area contributed by atoms with Gasteiger partial charge in [0, 0.05) is 44.9 Å². The fourth-order valence-electron chi connectivity index (χ4n) is 4.46. The normalized spacial score (nSPS) is 19.8. The summed E-state index contributed by atoms with van der Waals surface area (Å²) in [6.45, 7) is 9.75. The van der Waals surface area contributed by atoms with Gasteiger partial charge in [0.1, 0.15) is 0 Å². The van der Waals surface area contributed by atoms with Crippen LogP contribution in [0.2, 0.25) is 0 Å². The van der Waals surface area contributed by atoms with Crippen molar-refractivity contribution in [3.8, 4) is 0 Å². The van der Waals surface area contributed by atoms with Gasteiger partial charge in [-0.1, -0.05) is 29.8 Å². The molecule has 6 heteroatoms. The lowest BCUT2D eigenvalue weighted by Gasteiger charge is -2.54. The Bertz CT molecular complexity index is 850. The minimum Gasteiger partial charge on any atom is -0.368 e. The maximum Gasteiger partial charge on any atom is 0.217 e. The molecule has 28 heavy (non-hydrogen) atoms. The van der Waals surface area contributed by atoms with Gasteiger partial charge in [-0.25, -0.2) is 0 Å². The summed E-state index contributed by atoms with van der Waals surface area (Å²) in [5.74, 6) is 0.0175. The van der Waals surface area contributed by atoms with E-state index in [4.69, 9.17) is 4.74 Å². The van der Waals surface area contributed by atoms with E-state index in [1.54, 1.807) is 6.92 Å². The molecular formula is C22H30N4O2. The van der Waals surface area contributed by atoms with Gasteiger partial charge < -0.3 is 10.1 Å². The van der Waals surface area contributed by atoms with Gasteiger partial charge in [-0.05, 0) is 32.3 Å². The van der Waals surface area contributed by atoms with E-state index in [-0.39, 0.29) is 17.0 Å². The van der Waals surface area contributed by atoms with Crippen LogP contribution in [0.1, 0.15) is 43.4 Å². The molecule has 1 aromatic heterocycles. The summed E-state index contributed by atoms with van der Waals surface area (Å²) in [5.41, 5.74) is 3.11. The van der Waals surface area contributed by atoms with E-state index in [1.165, 1.54) is 16.7 Å². The smallest absolute Gasteiger partial charge is 0.217 e. The van der Waals surface area contributed by atoms with Crippen molar-refractivity contribution in [2.75, 3.05) is 13.1 Å². The molecular weight excluding hydrogens is 352 g/mol. The lowest BCUT2D eigenvalue weighted by molar-refractivity contribution is -0.139. The van der Waals surface area contributed by atoms with Gasteiger partial charge in [0.2, 0.25) is 5.91 Å². The van der Waals surface area contributed by atoms with Crippen LogP contribution in [0.4, 0.5) is 0 Å². The van der Waals surface area contributed by atoms with Gasteiger partial charge in [0.15, 0.2) is 0 Å². The number of carbonyl (C=O) groups excluding carboxylic acids is 1. The SMILES string of the molecule is CCn1cc(CN2CC(NC(C)=O)(C3(OCc4cccc(C)c4)CC3)C2)cn1. The van der Waals surface area contributed by atoms with Crippen molar-refractivity contribution in [2.45, 2.75) is 64.4 Å². The van der Waals surface area contributed by atoms with E-state index in [9.17, 15) is 4.79 Å². The van der Waals surface area contributed by atoms with Gasteiger partial charge in [-0.15, -0.1) is 0 Å². The third-order valence-electron chi connectivity index (χ3n) is 5.99. The second-order valence-corrected chi connectivity index (χ2v) is 8.38. The van der Waals surface area contributed by atoms with Crippen molar-refractivity contribution < 1.29 is 9.53 Å². The lowest BCUT2D eigenvalue weighted by atomic mass is 9.81. The van der Waals surface area contributed by atoms with Crippen LogP contribution < -0.4 is 5.32 Å². The monoisotopic (exact) mass is 382 g/mol. The molecule has 2 heterocycles. The van der Waals surface area contributed by atoms with Crippen molar-refractivity contribution in [1.29, 1.82) is 0 Å². The van der Waals surface area contributed by atoms with Crippen molar-refractivity contribution in [3.63, 3.8) is 0 Å². The Labute approximate surface area is 166 Å². The van der Waals surface area contributed by atoms with Crippen LogP contribution >= 0.6 is 0 Å². The molecule has 6 nitrogen and oxygen atoms in total. The van der Waals surface area contributed by atoms with Crippen LogP contribution in [0.3, 0.4) is 0 Å². The largest absolute Gasteiger partial charge is 0.368 e. The van der Waals surface area contributed by atoms with Crippen molar-refractivity contribution in [3.05, 3.63) is 53.3 Å². The Kier molecular flexibility index (Phi) is 5.02. The van der Waals surface area contributed by atoms with Crippen molar-refractivity contribution >= 4 is 5.91 Å². The maximum atomic E-state index is 12.0. The number of likely N-dealkylation sites (tertiary alicyclic amines) is 1. The molecule has 0 bridgehead atoms. The molecule has 2 aromatic rings. The number of hydrogen-bond acceptors (Lipinski definition) is 4. The summed E-state index contributed by atoms with van der Waals surface area (Å²) >= 11 is 0. The van der Waals surface area contributed by atoms with Crippen LogP contribution in [0.25, 0.3) is 0 Å². The zero-order valence-electron chi connectivity index (χ0n) is 17.1. The summed E-state index contributed by atoms with van der Waals surface area (Å²) in [4.78, 5) is 14.3. The summed E-state index contributed by atoms with van der Waals surface area (Å²) < 4.78 is 8.40. The van der Waals surface area contributed by atoms with Gasteiger partial charge >= 0.3 is 0 Å². The number of aromatic nitrogens is 2. The second-order valence-electron chi connectivity index (χ2n) is 8.38. The molecule has 2 fully saturated rings. The Morgan fingerprint density at radius 1 is 1.29 bits per heavy atom. The van der Waals surface area contributed by atoms with Crippen LogP contribution in [0.15, 0.2) is 36.7 Å². The first-order valence-corrected chi connectivity index (χ1v) is 10.2. The summed E-state index contributed by atoms with van der Waals surface area (Å²) in [6.07, 6.45) is 6.03. The number of nitrogens with zero attached hydrogens (tertiary/aromatic N) is 3. The highest BCUT2D eigenvalue weighted by atomic mass is 16.5. The first-order valence-electron chi connectivity index (χ1n) is 10.2. The molecule has 4 rings (SSSR count). The molecule has 0 spiro atoms. The summed E-state index contributed by atoms with van der Waals surface area (Å²) in [7, 11) is 0. The second kappa shape index (κ2) is 7.33. The van der Waals surface area contributed by atoms with E-state index in [2.05, 4.69) is 59.6 Å². The van der Waals surface area contributed by atoms with Crippen LogP contribution in [-0.2, 0) is 29.2 Å². The number of rotatable bonds is 8. The maximum absolute atomic E-state index is 12.0. The van der Waals surface area contributed by atoms with Crippen molar-refractivity contribution in [2.24, 2.45) is 0 Å². The molecule has 1 aromatic carbocycles. The number of aryl methyl sites for hydroxylation is 2. The van der Waals surface area contributed by atoms with Gasteiger partial charge in [0.25, 0.3) is 0 Å². The first-order chi connectivity index (χ1) is 13.4. The Hall–Kier alpha value is -2.18. The zero-order chi connectivity index (χ0) is 19.8. The minimum atomic E-state index is -0.288. The van der Waals surface area contributed by atoms with E-state index >= 15 is 0 Å². The Morgan fingerprint density at radius 2 is 2.07 bits per heavy atom. The number of ether oxygens (including phenoxy) is 1. The number of carbonyl (C=O) groups is 1. The third kappa shape index (κ3) is 3.71. The van der Waals surface area contributed by atoms with Gasteiger partial charge in [-0.2, -0.15) is 5.10 Å². The molecule has 0 atom stereocenters. The highest BCUT2D eigenvalue weighted by molar-refractivity contribution is 5.74. The van der Waals surface area contributed by atoms with Gasteiger partial charge in [-0.3, -0.25) is 14.4 Å². The van der Waals surface area contributed by atoms with E-state index < -0.39 is 0 Å². The first kappa shape index (κ1) is 19.2. The van der Waals surface area contributed by atoms with Crippen molar-refractivity contribution in [1.82, 2.24) is 20.0 Å². The molecule has 1 N–H and O–H groups in total. The zero-order valence-corrected chi connectivity index (χ0v) is 17.1. The average Bonchev–Trinajstić information content (AvgIpc) is 3.29. The number of amides is 1. The highest BCUT2D eigenvalue weighted by Crippen LogP contribution is 2.52. The van der Waals surface area contributed by atoms with E-state index in [1.807, 2.05) is 10.9 Å².